The third kappa shape index (κ3) is 4.76. The number of benzene rings is 2. The zero-order valence-corrected chi connectivity index (χ0v) is 21.0. The highest BCUT2D eigenvalue weighted by atomic mass is 19.1. The number of carbonyl (C=O) groups is 3. The number of halogens is 1. The largest absolute Gasteiger partial charge is 0.391 e. The Morgan fingerprint density at radius 2 is 1.92 bits per heavy atom. The lowest BCUT2D eigenvalue weighted by molar-refractivity contribution is -0.167. The van der Waals surface area contributed by atoms with Crippen LogP contribution < -0.4 is 10.6 Å². The van der Waals surface area contributed by atoms with Crippen LogP contribution in [0.2, 0.25) is 0 Å². The molecule has 5 rings (SSSR count). The highest BCUT2D eigenvalue weighted by Gasteiger charge is 2.51. The van der Waals surface area contributed by atoms with E-state index in [4.69, 9.17) is 4.74 Å². The second-order valence-electron chi connectivity index (χ2n) is 10.4. The summed E-state index contributed by atoms with van der Waals surface area (Å²) in [6.07, 6.45) is -0.241. The smallest absolute Gasteiger partial charge is 0.279 e. The van der Waals surface area contributed by atoms with Crippen LogP contribution in [0.4, 0.5) is 10.1 Å². The summed E-state index contributed by atoms with van der Waals surface area (Å²) in [6, 6.07) is 10.4. The van der Waals surface area contributed by atoms with E-state index < -0.39 is 28.8 Å². The summed E-state index contributed by atoms with van der Waals surface area (Å²) >= 11 is 0. The number of fused-ring (bicyclic) bond motifs is 1. The molecule has 37 heavy (non-hydrogen) atoms. The number of rotatable bonds is 6. The number of amides is 3. The van der Waals surface area contributed by atoms with Gasteiger partial charge in [0.2, 0.25) is 11.6 Å². The van der Waals surface area contributed by atoms with Crippen LogP contribution in [0.5, 0.6) is 0 Å². The second-order valence-corrected chi connectivity index (χ2v) is 10.4. The SMILES string of the molecule is BC(B)(Nc1cccc2c1CN(C1(O)CCC(=O)NC1=O)C2=O)c1ccc(CN2CCOCC2)cc1F. The number of anilines is 1. The lowest BCUT2D eigenvalue weighted by atomic mass is 9.57. The molecule has 0 bridgehead atoms. The molecular formula is C25H29B2FN4O5. The van der Waals surface area contributed by atoms with Gasteiger partial charge in [0.05, 0.1) is 19.8 Å². The van der Waals surface area contributed by atoms with Crippen molar-refractivity contribution in [1.82, 2.24) is 15.1 Å². The average molecular weight is 506 g/mol. The lowest BCUT2D eigenvalue weighted by Gasteiger charge is -2.37. The van der Waals surface area contributed by atoms with Gasteiger partial charge < -0.3 is 15.2 Å². The maximum Gasteiger partial charge on any atom is 0.279 e. The van der Waals surface area contributed by atoms with Crippen LogP contribution in [-0.4, -0.2) is 80.3 Å². The molecule has 0 radical (unpaired) electrons. The molecule has 2 saturated heterocycles. The lowest BCUT2D eigenvalue weighted by Crippen LogP contribution is -2.63. The zero-order valence-electron chi connectivity index (χ0n) is 21.0. The van der Waals surface area contributed by atoms with E-state index in [9.17, 15) is 19.5 Å². The molecule has 3 aliphatic heterocycles. The van der Waals surface area contributed by atoms with Crippen LogP contribution in [0.1, 0.15) is 39.9 Å². The predicted octanol–water partition coefficient (Wildman–Crippen LogP) is -0.772. The molecule has 12 heteroatoms. The molecule has 0 aromatic heterocycles. The van der Waals surface area contributed by atoms with Crippen molar-refractivity contribution in [3.63, 3.8) is 0 Å². The number of ether oxygens (including phenoxy) is 1. The molecule has 0 saturated carbocycles. The van der Waals surface area contributed by atoms with Crippen LogP contribution in [0.15, 0.2) is 36.4 Å². The number of aliphatic hydroxyl groups is 1. The van der Waals surface area contributed by atoms with Crippen molar-refractivity contribution in [3.8, 4) is 0 Å². The molecule has 9 nitrogen and oxygen atoms in total. The van der Waals surface area contributed by atoms with E-state index >= 15 is 4.39 Å². The average Bonchev–Trinajstić information content (AvgIpc) is 3.20. The first kappa shape index (κ1) is 25.4. The number of nitrogens with one attached hydrogen (secondary N) is 2. The van der Waals surface area contributed by atoms with Crippen molar-refractivity contribution in [2.24, 2.45) is 0 Å². The van der Waals surface area contributed by atoms with Crippen molar-refractivity contribution >= 4 is 39.1 Å². The highest BCUT2D eigenvalue weighted by molar-refractivity contribution is 6.41. The van der Waals surface area contributed by atoms with Gasteiger partial charge in [-0.2, -0.15) is 0 Å². The number of hydrogen-bond acceptors (Lipinski definition) is 7. The minimum Gasteiger partial charge on any atom is -0.391 e. The Labute approximate surface area is 216 Å². The Bertz CT molecular complexity index is 1270. The topological polar surface area (TPSA) is 111 Å². The summed E-state index contributed by atoms with van der Waals surface area (Å²) in [5.74, 6) is -2.21. The number of nitrogens with zero attached hydrogens (tertiary/aromatic N) is 2. The van der Waals surface area contributed by atoms with Gasteiger partial charge >= 0.3 is 0 Å². The van der Waals surface area contributed by atoms with E-state index in [1.165, 1.54) is 0 Å². The first-order valence-electron chi connectivity index (χ1n) is 12.5. The molecule has 3 amide bonds. The van der Waals surface area contributed by atoms with E-state index in [2.05, 4.69) is 15.5 Å². The molecule has 3 aliphatic rings. The minimum absolute atomic E-state index is 0.0213. The standard InChI is InChI=1S/C25H29B2FN4O5/c26-25(27,18-5-4-15(12-19(18)28)13-31-8-10-37-11-9-31)30-20-3-1-2-16-17(20)14-32(22(16)34)24(36)7-6-21(33)29-23(24)35/h1-5,12,30,36H,6-11,13-14,26-27H2,(H,29,33,35). The summed E-state index contributed by atoms with van der Waals surface area (Å²) in [7, 11) is 3.71. The fourth-order valence-electron chi connectivity index (χ4n) is 5.28. The quantitative estimate of drug-likeness (QED) is 0.349. The normalized spacial score (nSPS) is 22.6. The zero-order chi connectivity index (χ0) is 26.4. The maximum absolute atomic E-state index is 15.3. The van der Waals surface area contributed by atoms with Gasteiger partial charge in [-0.1, -0.05) is 18.2 Å². The molecule has 3 heterocycles. The Balaban J connectivity index is 1.36. The van der Waals surface area contributed by atoms with Gasteiger partial charge in [0.25, 0.3) is 11.8 Å². The van der Waals surface area contributed by atoms with Gasteiger partial charge in [-0.05, 0) is 29.3 Å². The van der Waals surface area contributed by atoms with Gasteiger partial charge in [0, 0.05) is 54.6 Å². The van der Waals surface area contributed by atoms with Crippen LogP contribution in [0, 0.1) is 5.82 Å². The van der Waals surface area contributed by atoms with E-state index in [1.54, 1.807) is 30.3 Å². The van der Waals surface area contributed by atoms with E-state index in [0.29, 0.717) is 42.1 Å². The van der Waals surface area contributed by atoms with Gasteiger partial charge in [-0.15, -0.1) is 0 Å². The van der Waals surface area contributed by atoms with Gasteiger partial charge in [-0.25, -0.2) is 4.39 Å². The van der Waals surface area contributed by atoms with Crippen molar-refractivity contribution in [3.05, 3.63) is 64.5 Å². The summed E-state index contributed by atoms with van der Waals surface area (Å²) in [6.45, 7) is 3.63. The van der Waals surface area contributed by atoms with Gasteiger partial charge in [0.15, 0.2) is 0 Å². The highest BCUT2D eigenvalue weighted by Crippen LogP contribution is 2.37. The van der Waals surface area contributed by atoms with Crippen molar-refractivity contribution in [2.45, 2.75) is 37.0 Å². The van der Waals surface area contributed by atoms with E-state index in [-0.39, 0.29) is 25.2 Å². The van der Waals surface area contributed by atoms with E-state index in [0.717, 1.165) is 23.6 Å². The molecule has 0 aliphatic carbocycles. The van der Waals surface area contributed by atoms with Gasteiger partial charge in [-0.3, -0.25) is 29.5 Å². The van der Waals surface area contributed by atoms with Crippen LogP contribution >= 0.6 is 0 Å². The Morgan fingerprint density at radius 1 is 1.16 bits per heavy atom. The van der Waals surface area contributed by atoms with Crippen LogP contribution in [-0.2, 0) is 32.8 Å². The molecule has 2 aromatic rings. The number of morpholine rings is 1. The Morgan fingerprint density at radius 3 is 2.62 bits per heavy atom. The number of carbonyl (C=O) groups excluding carboxylic acids is 3. The fourth-order valence-corrected chi connectivity index (χ4v) is 5.28. The number of hydrogen-bond donors (Lipinski definition) is 3. The molecule has 2 aromatic carbocycles. The Hall–Kier alpha value is -3.21. The predicted molar refractivity (Wildman–Crippen MR) is 139 cm³/mol. The Kier molecular flexibility index (Phi) is 6.59. The molecule has 1 atom stereocenters. The van der Waals surface area contributed by atoms with Gasteiger partial charge in [0.1, 0.15) is 21.5 Å². The summed E-state index contributed by atoms with van der Waals surface area (Å²) in [5, 5.41) is 15.7. The monoisotopic (exact) mass is 506 g/mol. The summed E-state index contributed by atoms with van der Waals surface area (Å²) in [4.78, 5) is 40.5. The molecule has 192 valence electrons. The molecular weight excluding hydrogens is 477 g/mol. The summed E-state index contributed by atoms with van der Waals surface area (Å²) < 4.78 is 20.7. The minimum atomic E-state index is -2.11. The molecule has 2 fully saturated rings. The molecule has 1 unspecified atom stereocenters. The summed E-state index contributed by atoms with van der Waals surface area (Å²) in [5.41, 5.74) is 0.799. The molecule has 0 spiro atoms. The first-order valence-corrected chi connectivity index (χ1v) is 12.5. The number of imide groups is 1. The first-order chi connectivity index (χ1) is 17.6. The second kappa shape index (κ2) is 9.59. The van der Waals surface area contributed by atoms with Crippen LogP contribution in [0.3, 0.4) is 0 Å². The third-order valence-electron chi connectivity index (χ3n) is 7.40. The number of piperidine rings is 1. The maximum atomic E-state index is 15.3. The third-order valence-corrected chi connectivity index (χ3v) is 7.40. The molecule has 3 N–H and O–H groups in total. The fraction of sp³-hybridized carbons (Fsp3) is 0.400. The van der Waals surface area contributed by atoms with Crippen molar-refractivity contribution in [1.29, 1.82) is 0 Å². The van der Waals surface area contributed by atoms with Crippen molar-refractivity contribution < 1.29 is 28.6 Å². The van der Waals surface area contributed by atoms with E-state index in [1.807, 2.05) is 21.8 Å². The van der Waals surface area contributed by atoms with Crippen molar-refractivity contribution in [2.75, 3.05) is 31.6 Å². The van der Waals surface area contributed by atoms with Crippen LogP contribution in [0.25, 0.3) is 0 Å².